The molecule has 7 heteroatoms. The number of aromatic nitrogens is 3. The highest BCUT2D eigenvalue weighted by Crippen LogP contribution is 2.33. The van der Waals surface area contributed by atoms with Crippen LogP contribution in [0.5, 0.6) is 0 Å². The number of fused-ring (bicyclic) bond motifs is 1. The van der Waals surface area contributed by atoms with Crippen LogP contribution in [0.1, 0.15) is 71.5 Å². The number of imidazole rings is 1. The largest absolute Gasteiger partial charge is 0.373 e. The Bertz CT molecular complexity index is 1110. The molecular weight excluding hydrogens is 481 g/mol. The number of pyridine rings is 1. The topological polar surface area (TPSA) is 54.8 Å². The van der Waals surface area contributed by atoms with Gasteiger partial charge < -0.3 is 15.2 Å². The number of rotatable bonds is 5. The second-order valence-corrected chi connectivity index (χ2v) is 10.4. The summed E-state index contributed by atoms with van der Waals surface area (Å²) in [5, 5.41) is 6.62. The Hall–Kier alpha value is -2.54. The maximum absolute atomic E-state index is 12.9. The van der Waals surface area contributed by atoms with E-state index in [9.17, 15) is 4.39 Å². The summed E-state index contributed by atoms with van der Waals surface area (Å²) in [7, 11) is 3.85. The quantitative estimate of drug-likeness (QED) is 0.256. The van der Waals surface area contributed by atoms with Crippen LogP contribution < -0.4 is 10.6 Å². The molecule has 5 nitrogen and oxygen atoms in total. The molecule has 2 aliphatic carbocycles. The Balaban J connectivity index is 0.000000261. The highest BCUT2D eigenvalue weighted by Gasteiger charge is 2.24. The van der Waals surface area contributed by atoms with Crippen LogP contribution in [-0.4, -0.2) is 33.5 Å². The predicted molar refractivity (Wildman–Crippen MR) is 161 cm³/mol. The maximum atomic E-state index is 12.9. The van der Waals surface area contributed by atoms with Crippen molar-refractivity contribution in [2.75, 3.05) is 23.9 Å². The zero-order valence-electron chi connectivity index (χ0n) is 23.8. The van der Waals surface area contributed by atoms with E-state index in [1.54, 1.807) is 18.7 Å². The van der Waals surface area contributed by atoms with Crippen LogP contribution >= 0.6 is 11.8 Å². The van der Waals surface area contributed by atoms with E-state index in [-0.39, 0.29) is 0 Å². The average molecular weight is 528 g/mol. The number of hydrogen-bond acceptors (Lipinski definition) is 5. The van der Waals surface area contributed by atoms with Crippen molar-refractivity contribution in [3.05, 3.63) is 48.8 Å². The van der Waals surface area contributed by atoms with Gasteiger partial charge in [-0.25, -0.2) is 14.4 Å². The lowest BCUT2D eigenvalue weighted by Gasteiger charge is -2.24. The lowest BCUT2D eigenvalue weighted by molar-refractivity contribution is 0.130. The number of para-hydroxylation sites is 1. The van der Waals surface area contributed by atoms with Crippen LogP contribution in [0, 0.1) is 12.8 Å². The predicted octanol–water partition coefficient (Wildman–Crippen LogP) is 9.07. The first-order chi connectivity index (χ1) is 17.8. The summed E-state index contributed by atoms with van der Waals surface area (Å²) in [6, 6.07) is 10.2. The molecule has 0 spiro atoms. The summed E-state index contributed by atoms with van der Waals surface area (Å²) in [6.07, 6.45) is 11.9. The first-order valence-electron chi connectivity index (χ1n) is 13.5. The van der Waals surface area contributed by atoms with Gasteiger partial charge in [-0.15, -0.1) is 18.3 Å². The minimum atomic E-state index is -0.821. The highest BCUT2D eigenvalue weighted by atomic mass is 32.2. The second kappa shape index (κ2) is 15.0. The summed E-state index contributed by atoms with van der Waals surface area (Å²) in [4.78, 5) is 10.4. The van der Waals surface area contributed by atoms with E-state index in [2.05, 4.69) is 45.6 Å². The van der Waals surface area contributed by atoms with Crippen molar-refractivity contribution in [2.45, 2.75) is 83.2 Å². The molecule has 1 aromatic carbocycles. The van der Waals surface area contributed by atoms with Gasteiger partial charge in [0.1, 0.15) is 22.8 Å². The summed E-state index contributed by atoms with van der Waals surface area (Å²) < 4.78 is 14.9. The third-order valence-electron chi connectivity index (χ3n) is 6.53. The fraction of sp³-hybridized carbons (Fsp3) is 0.533. The van der Waals surface area contributed by atoms with Gasteiger partial charge in [0, 0.05) is 25.1 Å². The molecule has 2 N–H and O–H groups in total. The van der Waals surface area contributed by atoms with E-state index < -0.39 is 5.67 Å². The van der Waals surface area contributed by atoms with Gasteiger partial charge in [0.05, 0.1) is 11.4 Å². The van der Waals surface area contributed by atoms with Crippen molar-refractivity contribution in [3.8, 4) is 0 Å². The zero-order chi connectivity index (χ0) is 27.4. The SMILES string of the molecule is C=CC1CC1.CC.CC1(F)CCCCC1.CNc1cc(Nc2ccccc2SC)c2nc(C)n(C)c2n1. The second-order valence-electron chi connectivity index (χ2n) is 9.57. The molecule has 2 aromatic heterocycles. The number of thioether (sulfide) groups is 1. The number of alkyl halides is 1. The molecule has 0 radical (unpaired) electrons. The summed E-state index contributed by atoms with van der Waals surface area (Å²) in [6.45, 7) is 11.3. The molecule has 0 unspecified atom stereocenters. The maximum Gasteiger partial charge on any atom is 0.164 e. The molecule has 2 aliphatic rings. The number of benzene rings is 1. The number of anilines is 3. The summed E-state index contributed by atoms with van der Waals surface area (Å²) in [5.74, 6) is 2.66. The molecule has 2 fully saturated rings. The molecule has 5 rings (SSSR count). The summed E-state index contributed by atoms with van der Waals surface area (Å²) >= 11 is 1.72. The van der Waals surface area contributed by atoms with E-state index >= 15 is 0 Å². The smallest absolute Gasteiger partial charge is 0.164 e. The number of nitrogens with one attached hydrogen (secondary N) is 2. The Morgan fingerprint density at radius 2 is 1.76 bits per heavy atom. The Morgan fingerprint density at radius 1 is 1.11 bits per heavy atom. The normalized spacial score (nSPS) is 15.7. The molecule has 0 aliphatic heterocycles. The fourth-order valence-corrected chi connectivity index (χ4v) is 4.55. The Kier molecular flexibility index (Phi) is 12.4. The molecule has 0 atom stereocenters. The number of hydrogen-bond donors (Lipinski definition) is 2. The van der Waals surface area contributed by atoms with Crippen LogP contribution in [-0.2, 0) is 7.05 Å². The van der Waals surface area contributed by atoms with E-state index in [0.717, 1.165) is 65.8 Å². The van der Waals surface area contributed by atoms with Crippen LogP contribution in [0.4, 0.5) is 21.6 Å². The van der Waals surface area contributed by atoms with Crippen molar-refractivity contribution >= 4 is 40.1 Å². The monoisotopic (exact) mass is 527 g/mol. The van der Waals surface area contributed by atoms with Crippen molar-refractivity contribution in [1.29, 1.82) is 0 Å². The molecule has 0 saturated heterocycles. The van der Waals surface area contributed by atoms with Crippen LogP contribution in [0.2, 0.25) is 0 Å². The van der Waals surface area contributed by atoms with Crippen LogP contribution in [0.3, 0.4) is 0 Å². The van der Waals surface area contributed by atoms with Gasteiger partial charge in [-0.1, -0.05) is 51.3 Å². The molecule has 0 amide bonds. The minimum Gasteiger partial charge on any atom is -0.373 e. The van der Waals surface area contributed by atoms with E-state index in [1.165, 1.54) is 24.2 Å². The summed E-state index contributed by atoms with van der Waals surface area (Å²) in [5.41, 5.74) is 2.97. The lowest BCUT2D eigenvalue weighted by atomic mass is 9.88. The van der Waals surface area contributed by atoms with E-state index in [0.29, 0.717) is 0 Å². The molecule has 0 bridgehead atoms. The van der Waals surface area contributed by atoms with Gasteiger partial charge in [-0.05, 0) is 63.8 Å². The van der Waals surface area contributed by atoms with Crippen molar-refractivity contribution in [2.24, 2.45) is 13.0 Å². The third-order valence-corrected chi connectivity index (χ3v) is 7.33. The van der Waals surface area contributed by atoms with Crippen LogP contribution in [0.15, 0.2) is 47.9 Å². The van der Waals surface area contributed by atoms with Crippen molar-refractivity contribution < 1.29 is 4.39 Å². The molecular formula is C30H46FN5S. The van der Waals surface area contributed by atoms with E-state index in [4.69, 9.17) is 0 Å². The van der Waals surface area contributed by atoms with Gasteiger partial charge in [0.15, 0.2) is 5.65 Å². The van der Waals surface area contributed by atoms with Gasteiger partial charge >= 0.3 is 0 Å². The molecule has 204 valence electrons. The zero-order valence-corrected chi connectivity index (χ0v) is 24.6. The molecule has 2 saturated carbocycles. The fourth-order valence-electron chi connectivity index (χ4n) is 4.00. The Morgan fingerprint density at radius 3 is 2.24 bits per heavy atom. The van der Waals surface area contributed by atoms with Gasteiger partial charge in [0.25, 0.3) is 0 Å². The van der Waals surface area contributed by atoms with Crippen molar-refractivity contribution in [1.82, 2.24) is 14.5 Å². The molecule has 37 heavy (non-hydrogen) atoms. The number of halogens is 1. The number of allylic oxidation sites excluding steroid dienone is 1. The lowest BCUT2D eigenvalue weighted by Crippen LogP contribution is -2.20. The number of nitrogens with zero attached hydrogens (tertiary/aromatic N) is 3. The molecule has 3 aromatic rings. The first-order valence-corrected chi connectivity index (χ1v) is 14.7. The average Bonchev–Trinajstić information content (AvgIpc) is 3.71. The standard InChI is InChI=1S/C16H19N5S.C7H13F.C5H8.C2H6/c1-10-18-15-12(9-14(17-2)20-16(15)21(10)3)19-11-7-5-6-8-13(11)22-4;1-7(8)5-3-2-4-6-7;1-2-5-3-4-5;1-2/h5-9H,1-4H3,(H2,17,19,20);2-6H2,1H3;2,5H,1,3-4H2;1-2H3. The van der Waals surface area contributed by atoms with E-state index in [1.807, 2.05) is 63.7 Å². The van der Waals surface area contributed by atoms with Gasteiger partial charge in [-0.3, -0.25) is 0 Å². The Labute approximate surface area is 227 Å². The van der Waals surface area contributed by atoms with Gasteiger partial charge in [-0.2, -0.15) is 0 Å². The van der Waals surface area contributed by atoms with Gasteiger partial charge in [0.2, 0.25) is 0 Å². The molecule has 2 heterocycles. The van der Waals surface area contributed by atoms with Crippen molar-refractivity contribution in [3.63, 3.8) is 0 Å². The van der Waals surface area contributed by atoms with Crippen LogP contribution in [0.25, 0.3) is 11.2 Å². The minimum absolute atomic E-state index is 0.785. The third kappa shape index (κ3) is 9.37. The number of aryl methyl sites for hydroxylation is 2. The first kappa shape index (κ1) is 30.7. The highest BCUT2D eigenvalue weighted by molar-refractivity contribution is 7.98.